The van der Waals surface area contributed by atoms with Gasteiger partial charge in [-0.15, -0.1) is 3.54 Å². The topological polar surface area (TPSA) is 0 Å². The van der Waals surface area contributed by atoms with Gasteiger partial charge in [0.05, 0.1) is 0 Å². The van der Waals surface area contributed by atoms with Crippen molar-refractivity contribution in [2.45, 2.75) is 38.2 Å². The summed E-state index contributed by atoms with van der Waals surface area (Å²) < 4.78 is 0.597. The maximum absolute atomic E-state index is 3.71. The predicted molar refractivity (Wildman–Crippen MR) is 52.7 cm³/mol. The SMILES string of the molecule is CC(C)[C](C)([Mg][Br])C(C)C. The van der Waals surface area contributed by atoms with Crippen molar-refractivity contribution in [3.05, 3.63) is 0 Å². The molecule has 0 N–H and O–H groups in total. The molecule has 0 aliphatic carbocycles. The van der Waals surface area contributed by atoms with E-state index in [2.05, 4.69) is 47.5 Å². The standard InChI is InChI=1S/C8H17.BrH.Mg/c1-6(2)8(5)7(3)4;;/h6-7H,1-5H3;1H;/q;;+1/p-1. The second-order valence-electron chi connectivity index (χ2n) is 3.95. The third-order valence-electron chi connectivity index (χ3n) is 2.93. The Labute approximate surface area is 80.7 Å². The highest BCUT2D eigenvalue weighted by Gasteiger charge is 2.31. The maximum Gasteiger partial charge on any atom is 0.475 e. The van der Waals surface area contributed by atoms with Gasteiger partial charge in [0.15, 0.2) is 0 Å². The molecule has 0 radical (unpaired) electrons. The van der Waals surface area contributed by atoms with Crippen LogP contribution in [0.4, 0.5) is 0 Å². The van der Waals surface area contributed by atoms with Gasteiger partial charge >= 0.3 is 18.2 Å². The van der Waals surface area contributed by atoms with Gasteiger partial charge in [-0.2, -0.15) is 0 Å². The lowest BCUT2D eigenvalue weighted by Crippen LogP contribution is -2.25. The Hall–Kier alpha value is 1.25. The second-order valence-corrected chi connectivity index (χ2v) is 7.42. The lowest BCUT2D eigenvalue weighted by atomic mass is 9.85. The summed E-state index contributed by atoms with van der Waals surface area (Å²) in [4.78, 5) is 0. The van der Waals surface area contributed by atoms with Gasteiger partial charge in [0.1, 0.15) is 0 Å². The fourth-order valence-corrected chi connectivity index (χ4v) is 5.48. The monoisotopic (exact) mass is 216 g/mol. The van der Waals surface area contributed by atoms with Crippen LogP contribution in [-0.4, -0.2) is 18.2 Å². The van der Waals surface area contributed by atoms with Crippen molar-refractivity contribution >= 4 is 31.1 Å². The molecular weight excluding hydrogens is 200 g/mol. The highest BCUT2D eigenvalue weighted by Crippen LogP contribution is 2.42. The summed E-state index contributed by atoms with van der Waals surface area (Å²) in [5.41, 5.74) is 0. The van der Waals surface area contributed by atoms with Gasteiger partial charge in [0.25, 0.3) is 0 Å². The van der Waals surface area contributed by atoms with Crippen molar-refractivity contribution in [3.8, 4) is 0 Å². The first kappa shape index (κ1) is 11.2. The molecule has 0 nitrogen and oxygen atoms in total. The van der Waals surface area contributed by atoms with E-state index in [1.165, 1.54) is 0 Å². The van der Waals surface area contributed by atoms with E-state index in [-0.39, 0.29) is 18.2 Å². The highest BCUT2D eigenvalue weighted by atomic mass is 79.9. The minimum Gasteiger partial charge on any atom is -0.306 e. The Balaban J connectivity index is 4.23. The molecule has 0 aromatic carbocycles. The summed E-state index contributed by atoms with van der Waals surface area (Å²) in [6.07, 6.45) is 0. The first-order valence-electron chi connectivity index (χ1n) is 4.01. The normalized spacial score (nSPS) is 12.4. The van der Waals surface area contributed by atoms with E-state index < -0.39 is 0 Å². The van der Waals surface area contributed by atoms with Crippen molar-refractivity contribution < 1.29 is 0 Å². The largest absolute Gasteiger partial charge is 0.475 e. The van der Waals surface area contributed by atoms with E-state index in [1.54, 1.807) is 0 Å². The lowest BCUT2D eigenvalue weighted by Gasteiger charge is -2.36. The molecular formula is C8H17BrMg. The molecule has 0 unspecified atom stereocenters. The Bertz CT molecular complexity index is 91.4. The first-order chi connectivity index (χ1) is 4.45. The molecule has 0 rings (SSSR count). The minimum atomic E-state index is -0.0509. The van der Waals surface area contributed by atoms with Crippen LogP contribution in [0.2, 0.25) is 3.54 Å². The van der Waals surface area contributed by atoms with Crippen molar-refractivity contribution in [3.63, 3.8) is 0 Å². The molecule has 0 aromatic rings. The molecule has 2 heteroatoms. The minimum absolute atomic E-state index is 0.0509. The van der Waals surface area contributed by atoms with Crippen LogP contribution in [0.25, 0.3) is 0 Å². The third kappa shape index (κ3) is 2.38. The summed E-state index contributed by atoms with van der Waals surface area (Å²) in [6, 6.07) is 0. The van der Waals surface area contributed by atoms with Crippen LogP contribution in [-0.2, 0) is 0 Å². The summed E-state index contributed by atoms with van der Waals surface area (Å²) in [5, 5.41) is 0. The van der Waals surface area contributed by atoms with E-state index in [9.17, 15) is 0 Å². The van der Waals surface area contributed by atoms with Crippen molar-refractivity contribution in [2.75, 3.05) is 0 Å². The van der Waals surface area contributed by atoms with Gasteiger partial charge in [-0.25, -0.2) is 0 Å². The highest BCUT2D eigenvalue weighted by molar-refractivity contribution is 9.23. The fraction of sp³-hybridized carbons (Fsp3) is 1.00. The second kappa shape index (κ2) is 4.32. The van der Waals surface area contributed by atoms with Gasteiger partial charge in [0, 0.05) is 0 Å². The molecule has 0 bridgehead atoms. The maximum atomic E-state index is 3.71. The number of rotatable bonds is 3. The Morgan fingerprint density at radius 1 is 1.10 bits per heavy atom. The quantitative estimate of drug-likeness (QED) is 0.635. The van der Waals surface area contributed by atoms with Crippen LogP contribution in [0.3, 0.4) is 0 Å². The number of hydrogen-bond donors (Lipinski definition) is 0. The van der Waals surface area contributed by atoms with Crippen LogP contribution in [0, 0.1) is 11.8 Å². The van der Waals surface area contributed by atoms with Crippen LogP contribution in [0.5, 0.6) is 0 Å². The van der Waals surface area contributed by atoms with Gasteiger partial charge in [-0.1, -0.05) is 46.5 Å². The molecule has 0 fully saturated rings. The van der Waals surface area contributed by atoms with E-state index in [4.69, 9.17) is 0 Å². The smallest absolute Gasteiger partial charge is 0.306 e. The Kier molecular flexibility index (Phi) is 4.85. The molecule has 0 aliphatic rings. The summed E-state index contributed by atoms with van der Waals surface area (Å²) in [7, 11) is 0. The van der Waals surface area contributed by atoms with Gasteiger partial charge in [-0.3, -0.25) is 0 Å². The molecule has 0 spiro atoms. The van der Waals surface area contributed by atoms with Crippen molar-refractivity contribution in [1.29, 1.82) is 0 Å². The van der Waals surface area contributed by atoms with Crippen LogP contribution >= 0.6 is 12.9 Å². The summed E-state index contributed by atoms with van der Waals surface area (Å²) in [6.45, 7) is 11.7. The summed E-state index contributed by atoms with van der Waals surface area (Å²) >= 11 is 3.66. The zero-order valence-corrected chi connectivity index (χ0v) is 10.7. The van der Waals surface area contributed by atoms with E-state index in [1.807, 2.05) is 0 Å². The Morgan fingerprint density at radius 2 is 1.40 bits per heavy atom. The fourth-order valence-electron chi connectivity index (χ4n) is 0.975. The van der Waals surface area contributed by atoms with Crippen molar-refractivity contribution in [2.24, 2.45) is 11.8 Å². The first-order valence-corrected chi connectivity index (χ1v) is 8.61. The number of hydrogen-bond acceptors (Lipinski definition) is 0. The molecule has 0 aliphatic heterocycles. The zero-order valence-electron chi connectivity index (χ0n) is 7.74. The zero-order chi connectivity index (χ0) is 8.36. The van der Waals surface area contributed by atoms with Crippen LogP contribution in [0.15, 0.2) is 0 Å². The molecule has 0 heterocycles. The van der Waals surface area contributed by atoms with Crippen LogP contribution in [0.1, 0.15) is 34.6 Å². The molecule has 0 aromatic heterocycles. The van der Waals surface area contributed by atoms with Crippen LogP contribution < -0.4 is 0 Å². The third-order valence-corrected chi connectivity index (χ3v) is 8.76. The average Bonchev–Trinajstić information content (AvgIpc) is 1.85. The molecule has 10 heavy (non-hydrogen) atoms. The summed E-state index contributed by atoms with van der Waals surface area (Å²) in [5.74, 6) is 1.64. The molecule has 0 saturated heterocycles. The number of halogens is 1. The van der Waals surface area contributed by atoms with E-state index in [0.29, 0.717) is 3.54 Å². The van der Waals surface area contributed by atoms with Crippen molar-refractivity contribution in [1.82, 2.24) is 0 Å². The van der Waals surface area contributed by atoms with E-state index >= 15 is 0 Å². The Morgan fingerprint density at radius 3 is 1.40 bits per heavy atom. The predicted octanol–water partition coefficient (Wildman–Crippen LogP) is 3.49. The van der Waals surface area contributed by atoms with Gasteiger partial charge in [0.2, 0.25) is 0 Å². The lowest BCUT2D eigenvalue weighted by molar-refractivity contribution is 0.338. The van der Waals surface area contributed by atoms with Gasteiger partial charge < -0.3 is 12.9 Å². The molecule has 0 amide bonds. The average molecular weight is 217 g/mol. The molecule has 0 saturated carbocycles. The molecule has 0 atom stereocenters. The van der Waals surface area contributed by atoms with E-state index in [0.717, 1.165) is 11.8 Å². The molecule has 58 valence electrons. The van der Waals surface area contributed by atoms with Gasteiger partial charge in [-0.05, 0) is 0 Å².